The van der Waals surface area contributed by atoms with Crippen LogP contribution in [-0.2, 0) is 9.59 Å². The van der Waals surface area contributed by atoms with Gasteiger partial charge in [0.15, 0.2) is 0 Å². The van der Waals surface area contributed by atoms with Crippen LogP contribution in [0.5, 0.6) is 0 Å². The molecule has 1 aliphatic rings. The number of rotatable bonds is 5. The standard InChI is InChI=1S/C9H17N3O2/c10-8(13)2-4-12-9(14)5-7-1-3-11-6-7/h7,11H,1-6H2,(H2,10,13)(H,12,14). The van der Waals surface area contributed by atoms with E-state index in [9.17, 15) is 9.59 Å². The van der Waals surface area contributed by atoms with Gasteiger partial charge in [0.1, 0.15) is 0 Å². The Bertz CT molecular complexity index is 212. The lowest BCUT2D eigenvalue weighted by Gasteiger charge is -2.07. The van der Waals surface area contributed by atoms with Crippen LogP contribution in [0.3, 0.4) is 0 Å². The summed E-state index contributed by atoms with van der Waals surface area (Å²) in [7, 11) is 0. The van der Waals surface area contributed by atoms with Gasteiger partial charge in [0.05, 0.1) is 0 Å². The zero-order valence-corrected chi connectivity index (χ0v) is 8.21. The van der Waals surface area contributed by atoms with Crippen LogP contribution in [0.25, 0.3) is 0 Å². The number of hydrogen-bond acceptors (Lipinski definition) is 3. The minimum atomic E-state index is -0.382. The summed E-state index contributed by atoms with van der Waals surface area (Å²) in [4.78, 5) is 21.7. The molecular formula is C9H17N3O2. The molecule has 0 aromatic carbocycles. The van der Waals surface area contributed by atoms with E-state index in [1.165, 1.54) is 0 Å². The topological polar surface area (TPSA) is 84.2 Å². The number of nitrogens with one attached hydrogen (secondary N) is 2. The van der Waals surface area contributed by atoms with E-state index in [1.807, 2.05) is 0 Å². The van der Waals surface area contributed by atoms with Crippen LogP contribution in [0.4, 0.5) is 0 Å². The predicted octanol–water partition coefficient (Wildman–Crippen LogP) is -1.02. The fraction of sp³-hybridized carbons (Fsp3) is 0.778. The SMILES string of the molecule is NC(=O)CCNC(=O)CC1CCNC1. The Balaban J connectivity index is 2.06. The van der Waals surface area contributed by atoms with E-state index in [1.54, 1.807) is 0 Å². The predicted molar refractivity (Wildman–Crippen MR) is 52.4 cm³/mol. The summed E-state index contributed by atoms with van der Waals surface area (Å²) < 4.78 is 0. The van der Waals surface area contributed by atoms with E-state index in [0.29, 0.717) is 18.9 Å². The van der Waals surface area contributed by atoms with Crippen molar-refractivity contribution in [3.63, 3.8) is 0 Å². The fourth-order valence-corrected chi connectivity index (χ4v) is 1.55. The van der Waals surface area contributed by atoms with Gasteiger partial charge in [-0.05, 0) is 25.4 Å². The number of primary amides is 1. The molecule has 0 bridgehead atoms. The minimum absolute atomic E-state index is 0.0138. The van der Waals surface area contributed by atoms with E-state index in [4.69, 9.17) is 5.73 Å². The number of nitrogens with two attached hydrogens (primary N) is 1. The normalized spacial score (nSPS) is 20.7. The molecule has 1 saturated heterocycles. The summed E-state index contributed by atoms with van der Waals surface area (Å²) in [5.41, 5.74) is 4.94. The lowest BCUT2D eigenvalue weighted by Crippen LogP contribution is -2.29. The molecule has 5 nitrogen and oxygen atoms in total. The molecule has 1 unspecified atom stereocenters. The van der Waals surface area contributed by atoms with Crippen molar-refractivity contribution in [1.29, 1.82) is 0 Å². The molecule has 0 aromatic heterocycles. The van der Waals surface area contributed by atoms with Crippen molar-refractivity contribution in [2.75, 3.05) is 19.6 Å². The first-order valence-electron chi connectivity index (χ1n) is 4.94. The van der Waals surface area contributed by atoms with Gasteiger partial charge < -0.3 is 16.4 Å². The first-order chi connectivity index (χ1) is 6.68. The third-order valence-corrected chi connectivity index (χ3v) is 2.33. The van der Waals surface area contributed by atoms with E-state index in [-0.39, 0.29) is 18.2 Å². The lowest BCUT2D eigenvalue weighted by molar-refractivity contribution is -0.122. The summed E-state index contributed by atoms with van der Waals surface area (Å²) in [6.07, 6.45) is 1.82. The second kappa shape index (κ2) is 5.59. The maximum absolute atomic E-state index is 11.3. The van der Waals surface area contributed by atoms with Crippen LogP contribution in [0, 0.1) is 5.92 Å². The smallest absolute Gasteiger partial charge is 0.220 e. The van der Waals surface area contributed by atoms with Crippen LogP contribution in [0.2, 0.25) is 0 Å². The maximum Gasteiger partial charge on any atom is 0.220 e. The third-order valence-electron chi connectivity index (χ3n) is 2.33. The molecule has 0 spiro atoms. The molecule has 0 aromatic rings. The first kappa shape index (κ1) is 11.0. The lowest BCUT2D eigenvalue weighted by atomic mass is 10.0. The van der Waals surface area contributed by atoms with Crippen molar-refractivity contribution in [3.8, 4) is 0 Å². The first-order valence-corrected chi connectivity index (χ1v) is 4.94. The van der Waals surface area contributed by atoms with Crippen molar-refractivity contribution in [2.45, 2.75) is 19.3 Å². The van der Waals surface area contributed by atoms with E-state index in [0.717, 1.165) is 19.5 Å². The third kappa shape index (κ3) is 4.23. The van der Waals surface area contributed by atoms with Crippen molar-refractivity contribution >= 4 is 11.8 Å². The molecule has 1 fully saturated rings. The van der Waals surface area contributed by atoms with Crippen LogP contribution < -0.4 is 16.4 Å². The molecule has 0 radical (unpaired) electrons. The molecule has 1 rings (SSSR count). The molecule has 1 aliphatic heterocycles. The van der Waals surface area contributed by atoms with Crippen LogP contribution in [0.1, 0.15) is 19.3 Å². The van der Waals surface area contributed by atoms with Gasteiger partial charge in [-0.15, -0.1) is 0 Å². The number of carbonyl (C=O) groups is 2. The summed E-state index contributed by atoms with van der Waals surface area (Å²) in [5, 5.41) is 5.87. The average Bonchev–Trinajstić information content (AvgIpc) is 2.56. The van der Waals surface area contributed by atoms with Gasteiger partial charge in [-0.1, -0.05) is 0 Å². The van der Waals surface area contributed by atoms with Crippen LogP contribution in [-0.4, -0.2) is 31.4 Å². The summed E-state index contributed by atoms with van der Waals surface area (Å²) in [6.45, 7) is 2.27. The van der Waals surface area contributed by atoms with E-state index < -0.39 is 0 Å². The van der Waals surface area contributed by atoms with Crippen LogP contribution in [0.15, 0.2) is 0 Å². The monoisotopic (exact) mass is 199 g/mol. The molecule has 1 atom stereocenters. The van der Waals surface area contributed by atoms with Gasteiger partial charge in [-0.3, -0.25) is 9.59 Å². The molecule has 0 aliphatic carbocycles. The number of carbonyl (C=O) groups excluding carboxylic acids is 2. The van der Waals surface area contributed by atoms with Crippen molar-refractivity contribution < 1.29 is 9.59 Å². The summed E-state index contributed by atoms with van der Waals surface area (Å²) >= 11 is 0. The Hall–Kier alpha value is -1.10. The second-order valence-electron chi connectivity index (χ2n) is 3.63. The molecule has 5 heteroatoms. The highest BCUT2D eigenvalue weighted by atomic mass is 16.2. The molecule has 14 heavy (non-hydrogen) atoms. The minimum Gasteiger partial charge on any atom is -0.370 e. The average molecular weight is 199 g/mol. The highest BCUT2D eigenvalue weighted by molar-refractivity contribution is 5.78. The Kier molecular flexibility index (Phi) is 4.39. The Morgan fingerprint density at radius 2 is 2.29 bits per heavy atom. The van der Waals surface area contributed by atoms with Gasteiger partial charge in [-0.25, -0.2) is 0 Å². The molecule has 2 amide bonds. The quantitative estimate of drug-likeness (QED) is 0.530. The zero-order valence-electron chi connectivity index (χ0n) is 8.21. The van der Waals surface area contributed by atoms with Gasteiger partial charge in [0.2, 0.25) is 11.8 Å². The largest absolute Gasteiger partial charge is 0.370 e. The molecule has 80 valence electrons. The molecule has 4 N–H and O–H groups in total. The molecule has 1 heterocycles. The number of amides is 2. The Labute approximate surface area is 83.4 Å². The summed E-state index contributed by atoms with van der Waals surface area (Å²) in [5.74, 6) is 0.0800. The maximum atomic E-state index is 11.3. The number of hydrogen-bond donors (Lipinski definition) is 3. The molecule has 0 saturated carbocycles. The van der Waals surface area contributed by atoms with Crippen molar-refractivity contribution in [2.24, 2.45) is 11.7 Å². The van der Waals surface area contributed by atoms with Crippen molar-refractivity contribution in [3.05, 3.63) is 0 Å². The highest BCUT2D eigenvalue weighted by Gasteiger charge is 2.17. The van der Waals surface area contributed by atoms with E-state index >= 15 is 0 Å². The van der Waals surface area contributed by atoms with Gasteiger partial charge in [-0.2, -0.15) is 0 Å². The van der Waals surface area contributed by atoms with Crippen LogP contribution >= 0.6 is 0 Å². The fourth-order valence-electron chi connectivity index (χ4n) is 1.55. The Morgan fingerprint density at radius 1 is 1.50 bits per heavy atom. The van der Waals surface area contributed by atoms with Gasteiger partial charge >= 0.3 is 0 Å². The van der Waals surface area contributed by atoms with Gasteiger partial charge in [0.25, 0.3) is 0 Å². The van der Waals surface area contributed by atoms with Crippen molar-refractivity contribution in [1.82, 2.24) is 10.6 Å². The van der Waals surface area contributed by atoms with E-state index in [2.05, 4.69) is 10.6 Å². The second-order valence-corrected chi connectivity index (χ2v) is 3.63. The molecular weight excluding hydrogens is 182 g/mol. The highest BCUT2D eigenvalue weighted by Crippen LogP contribution is 2.11. The van der Waals surface area contributed by atoms with Gasteiger partial charge in [0, 0.05) is 19.4 Å². The summed E-state index contributed by atoms with van der Waals surface area (Å²) in [6, 6.07) is 0. The Morgan fingerprint density at radius 3 is 2.86 bits per heavy atom. The zero-order chi connectivity index (χ0) is 10.4.